The van der Waals surface area contributed by atoms with Gasteiger partial charge in [0.1, 0.15) is 0 Å². The fraction of sp³-hybridized carbons (Fsp3) is 0. The van der Waals surface area contributed by atoms with Crippen LogP contribution in [0.5, 0.6) is 0 Å². The monoisotopic (exact) mass is 119 g/mol. The van der Waals surface area contributed by atoms with Crippen molar-refractivity contribution in [1.29, 1.82) is 0 Å². The molecule has 0 aromatic carbocycles. The topological polar surface area (TPSA) is 35.0 Å². The summed E-state index contributed by atoms with van der Waals surface area (Å²) in [7, 11) is 0. The number of hydrogen-bond acceptors (Lipinski definition) is 1. The molecule has 4 heavy (non-hydrogen) atoms. The fourth-order valence-electron chi connectivity index (χ4n) is 0. The average molecular weight is 120 g/mol. The Hall–Kier alpha value is 0.443. The summed E-state index contributed by atoms with van der Waals surface area (Å²) in [4.78, 5) is 0. The molecule has 0 fully saturated rings. The summed E-state index contributed by atoms with van der Waals surface area (Å²) in [6.45, 7) is 0. The van der Waals surface area contributed by atoms with E-state index in [9.17, 15) is 6.63 Å². The van der Waals surface area contributed by atoms with Gasteiger partial charge < -0.3 is 6.15 Å². The van der Waals surface area contributed by atoms with Gasteiger partial charge in [-0.15, -0.1) is 0 Å². The Morgan fingerprint density at radius 3 is 1.25 bits per heavy atom. The molecule has 1 nitrogen and oxygen atoms in total. The van der Waals surface area contributed by atoms with E-state index in [0.29, 0.717) is 0 Å². The van der Waals surface area contributed by atoms with Gasteiger partial charge in [0.05, 0.1) is 0 Å². The van der Waals surface area contributed by atoms with Crippen LogP contribution in [0.3, 0.4) is 0 Å². The van der Waals surface area contributed by atoms with Gasteiger partial charge in [0.15, 0.2) is 0 Å². The Labute approximate surface area is 31.7 Å². The Bertz CT molecular complexity index is 6.00. The molecule has 3 N–H and O–H groups in total. The average Bonchev–Trinajstić information content (AvgIpc) is 0.918. The van der Waals surface area contributed by atoms with Gasteiger partial charge in [0.2, 0.25) is 0 Å². The van der Waals surface area contributed by atoms with Crippen LogP contribution in [-0.2, 0) is 18.1 Å². The third-order valence-corrected chi connectivity index (χ3v) is 0. The van der Waals surface area contributed by atoms with Crippen molar-refractivity contribution in [2.24, 2.45) is 0 Å². The second kappa shape index (κ2) is 9.87. The molecule has 0 bridgehead atoms. The standard InChI is InChI=1S/2FH.H3N.Zn/h2*1H;1H3;/q;;;+2/p-2. The van der Waals surface area contributed by atoms with Crippen LogP contribution in [0.25, 0.3) is 0 Å². The Kier molecular flexibility index (Phi) is 21.8. The van der Waals surface area contributed by atoms with Crippen LogP contribution in [0, 0.1) is 0 Å². The van der Waals surface area contributed by atoms with E-state index in [1.807, 2.05) is 0 Å². The fourth-order valence-corrected chi connectivity index (χ4v) is 0. The summed E-state index contributed by atoms with van der Waals surface area (Å²) in [5.74, 6) is 0. The van der Waals surface area contributed by atoms with E-state index in [-0.39, 0.29) is 6.15 Å². The predicted octanol–water partition coefficient (Wildman–Crippen LogP) is 1.000. The van der Waals surface area contributed by atoms with Gasteiger partial charge in [-0.2, -0.15) is 0 Å². The zero-order valence-corrected chi connectivity index (χ0v) is 5.14. The molecular formula is H3F2NZn. The molecule has 0 saturated carbocycles. The second-order valence-corrected chi connectivity index (χ2v) is 0.525. The maximum absolute atomic E-state index is 9.81. The first kappa shape index (κ1) is 8.82. The first-order valence-electron chi connectivity index (χ1n) is 0.535. The minimum absolute atomic E-state index is 0. The van der Waals surface area contributed by atoms with Crippen LogP contribution < -0.4 is 6.15 Å². The minimum atomic E-state index is -2.88. The summed E-state index contributed by atoms with van der Waals surface area (Å²) in [6, 6.07) is 0. The number of halogens is 2. The zero-order chi connectivity index (χ0) is 2.71. The van der Waals surface area contributed by atoms with Gasteiger partial charge in [-0.25, -0.2) is 0 Å². The molecule has 0 heterocycles. The van der Waals surface area contributed by atoms with Crippen LogP contribution in [0.1, 0.15) is 0 Å². The van der Waals surface area contributed by atoms with Crippen molar-refractivity contribution in [2.75, 3.05) is 0 Å². The quantitative estimate of drug-likeness (QED) is 0.476. The van der Waals surface area contributed by atoms with Crippen molar-refractivity contribution in [2.45, 2.75) is 0 Å². The van der Waals surface area contributed by atoms with E-state index >= 15 is 0 Å². The number of rotatable bonds is 0. The zero-order valence-electron chi connectivity index (χ0n) is 2.17. The van der Waals surface area contributed by atoms with E-state index in [1.165, 1.54) is 0 Å². The molecule has 0 saturated heterocycles. The van der Waals surface area contributed by atoms with E-state index in [0.717, 1.165) is 0 Å². The molecule has 24 valence electrons. The molecule has 0 aliphatic carbocycles. The summed E-state index contributed by atoms with van der Waals surface area (Å²) in [6.07, 6.45) is 0. The van der Waals surface area contributed by atoms with Crippen molar-refractivity contribution in [3.8, 4) is 0 Å². The number of hydrogen-bond donors (Lipinski definition) is 1. The Balaban J connectivity index is 0. The molecule has 0 rings (SSSR count). The molecule has 0 radical (unpaired) electrons. The third-order valence-electron chi connectivity index (χ3n) is 0. The van der Waals surface area contributed by atoms with Gasteiger partial charge in [-0.05, 0) is 0 Å². The summed E-state index contributed by atoms with van der Waals surface area (Å²) < 4.78 is 19.6. The van der Waals surface area contributed by atoms with Crippen LogP contribution in [0.2, 0.25) is 0 Å². The molecule has 0 spiro atoms. The molecule has 0 unspecified atom stereocenters. The molecule has 0 atom stereocenters. The Morgan fingerprint density at radius 1 is 1.25 bits per heavy atom. The molecule has 0 amide bonds. The second-order valence-electron chi connectivity index (χ2n) is 0.101. The van der Waals surface area contributed by atoms with Crippen molar-refractivity contribution >= 4 is 0 Å². The first-order chi connectivity index (χ1) is 1.41. The van der Waals surface area contributed by atoms with Crippen molar-refractivity contribution in [1.82, 2.24) is 6.15 Å². The summed E-state index contributed by atoms with van der Waals surface area (Å²) in [5, 5.41) is 0. The maximum atomic E-state index is 9.81. The van der Waals surface area contributed by atoms with Crippen LogP contribution >= 0.6 is 0 Å². The summed E-state index contributed by atoms with van der Waals surface area (Å²) in [5.41, 5.74) is 0. The van der Waals surface area contributed by atoms with Crippen LogP contribution in [0.15, 0.2) is 0 Å². The van der Waals surface area contributed by atoms with Crippen molar-refractivity contribution < 1.29 is 24.8 Å². The van der Waals surface area contributed by atoms with Crippen LogP contribution in [0.4, 0.5) is 6.63 Å². The molecule has 0 aromatic heterocycles. The normalized spacial score (nSPS) is 2.50. The molecule has 0 aromatic rings. The van der Waals surface area contributed by atoms with E-state index in [2.05, 4.69) is 0 Å². The van der Waals surface area contributed by atoms with Gasteiger partial charge >= 0.3 is 24.8 Å². The SMILES string of the molecule is N.[F][Zn][F]. The van der Waals surface area contributed by atoms with Crippen LogP contribution in [-0.4, -0.2) is 0 Å². The molecule has 0 aliphatic rings. The van der Waals surface area contributed by atoms with Gasteiger partial charge in [-0.1, -0.05) is 0 Å². The van der Waals surface area contributed by atoms with Gasteiger partial charge in [-0.3, -0.25) is 0 Å². The van der Waals surface area contributed by atoms with Crippen molar-refractivity contribution in [3.63, 3.8) is 0 Å². The predicted molar refractivity (Wildman–Crippen MR) is 7.24 cm³/mol. The van der Waals surface area contributed by atoms with Crippen molar-refractivity contribution in [3.05, 3.63) is 0 Å². The molecular weight excluding hydrogens is 117 g/mol. The Morgan fingerprint density at radius 2 is 1.25 bits per heavy atom. The van der Waals surface area contributed by atoms with E-state index < -0.39 is 18.1 Å². The van der Waals surface area contributed by atoms with E-state index in [4.69, 9.17) is 0 Å². The molecule has 0 aliphatic heterocycles. The summed E-state index contributed by atoms with van der Waals surface area (Å²) >= 11 is -2.88. The first-order valence-corrected chi connectivity index (χ1v) is 2.78. The van der Waals surface area contributed by atoms with Gasteiger partial charge in [0.25, 0.3) is 0 Å². The third kappa shape index (κ3) is 25.9. The van der Waals surface area contributed by atoms with E-state index in [1.54, 1.807) is 0 Å². The van der Waals surface area contributed by atoms with Gasteiger partial charge in [0, 0.05) is 0 Å². The molecule has 4 heteroatoms.